The van der Waals surface area contributed by atoms with E-state index in [9.17, 15) is 18.7 Å². The largest absolute Gasteiger partial charge is 0.458 e. The van der Waals surface area contributed by atoms with Crippen molar-refractivity contribution in [2.24, 2.45) is 0 Å². The second-order valence-electron chi connectivity index (χ2n) is 8.60. The molecule has 8 nitrogen and oxygen atoms in total. The number of aliphatic hydroxyl groups is 1. The number of para-hydroxylation sites is 1. The molecular formula is C23H22F2N4O4. The quantitative estimate of drug-likeness (QED) is 0.471. The van der Waals surface area contributed by atoms with Crippen molar-refractivity contribution in [3.8, 4) is 0 Å². The number of amides is 1. The van der Waals surface area contributed by atoms with Crippen LogP contribution in [0.1, 0.15) is 71.2 Å². The molecule has 1 amide bonds. The molecule has 0 radical (unpaired) electrons. The van der Waals surface area contributed by atoms with Gasteiger partial charge in [-0.15, -0.1) is 0 Å². The summed E-state index contributed by atoms with van der Waals surface area (Å²) in [5, 5.41) is 11.1. The number of nitrogens with zero attached hydrogens (tertiary/aromatic N) is 3. The fourth-order valence-electron chi connectivity index (χ4n) is 4.24. The number of rotatable bonds is 4. The van der Waals surface area contributed by atoms with Crippen molar-refractivity contribution < 1.29 is 27.5 Å². The average Bonchev–Trinajstić information content (AvgIpc) is 3.49. The number of alkyl halides is 2. The Morgan fingerprint density at radius 3 is 2.76 bits per heavy atom. The van der Waals surface area contributed by atoms with Gasteiger partial charge in [0.05, 0.1) is 12.0 Å². The van der Waals surface area contributed by atoms with Crippen LogP contribution in [0.5, 0.6) is 0 Å². The number of hydrogen-bond acceptors (Lipinski definition) is 6. The number of furan rings is 1. The molecule has 5 rings (SSSR count). The van der Waals surface area contributed by atoms with Crippen LogP contribution in [0.25, 0.3) is 11.0 Å². The van der Waals surface area contributed by atoms with Gasteiger partial charge in [-0.2, -0.15) is 0 Å². The van der Waals surface area contributed by atoms with Crippen LogP contribution in [0.15, 0.2) is 39.4 Å². The number of hydrogen-bond donors (Lipinski definition) is 2. The van der Waals surface area contributed by atoms with Gasteiger partial charge in [0.1, 0.15) is 23.0 Å². The van der Waals surface area contributed by atoms with Crippen LogP contribution in [-0.4, -0.2) is 37.4 Å². The third kappa shape index (κ3) is 3.41. The Morgan fingerprint density at radius 1 is 1.30 bits per heavy atom. The van der Waals surface area contributed by atoms with Gasteiger partial charge in [0.2, 0.25) is 11.7 Å². The standard InChI is InChI=1S/C23H22F2N4O4/c1-11-12-6-4-5-7-14(12)32-18(11)17-15-13(26-10-27-15)8-9-29(17)21(30)19-16(20(24)25)28-22(33-19)23(2,3)31/h4-7,10,17,20,31H,8-9H2,1-3H3,(H,26,27)/t17-/m1/s1. The first-order valence-corrected chi connectivity index (χ1v) is 10.5. The van der Waals surface area contributed by atoms with Crippen LogP contribution in [0.3, 0.4) is 0 Å². The highest BCUT2D eigenvalue weighted by molar-refractivity contribution is 5.93. The topological polar surface area (TPSA) is 108 Å². The second-order valence-corrected chi connectivity index (χ2v) is 8.60. The Balaban J connectivity index is 1.65. The lowest BCUT2D eigenvalue weighted by Gasteiger charge is -2.33. The van der Waals surface area contributed by atoms with E-state index in [2.05, 4.69) is 15.0 Å². The zero-order valence-electron chi connectivity index (χ0n) is 18.2. The van der Waals surface area contributed by atoms with Crippen LogP contribution in [0.2, 0.25) is 0 Å². The minimum absolute atomic E-state index is 0.219. The van der Waals surface area contributed by atoms with Crippen molar-refractivity contribution in [3.05, 3.63) is 70.6 Å². The highest BCUT2D eigenvalue weighted by Crippen LogP contribution is 2.40. The number of aromatic amines is 1. The summed E-state index contributed by atoms with van der Waals surface area (Å²) in [4.78, 5) is 26.2. The third-order valence-corrected chi connectivity index (χ3v) is 5.89. The molecule has 0 spiro atoms. The highest BCUT2D eigenvalue weighted by atomic mass is 19.3. The van der Waals surface area contributed by atoms with Gasteiger partial charge < -0.3 is 23.8 Å². The Hall–Kier alpha value is -3.53. The Bertz CT molecular complexity index is 1350. The molecule has 33 heavy (non-hydrogen) atoms. The first-order chi connectivity index (χ1) is 15.7. The van der Waals surface area contributed by atoms with E-state index in [0.29, 0.717) is 23.5 Å². The minimum Gasteiger partial charge on any atom is -0.458 e. The van der Waals surface area contributed by atoms with Gasteiger partial charge >= 0.3 is 0 Å². The number of imidazole rings is 1. The predicted molar refractivity (Wildman–Crippen MR) is 113 cm³/mol. The van der Waals surface area contributed by atoms with Gasteiger partial charge in [0, 0.05) is 29.6 Å². The summed E-state index contributed by atoms with van der Waals surface area (Å²) in [7, 11) is 0. The van der Waals surface area contributed by atoms with Gasteiger partial charge in [0.15, 0.2) is 5.69 Å². The maximum Gasteiger partial charge on any atom is 0.292 e. The molecular weight excluding hydrogens is 434 g/mol. The summed E-state index contributed by atoms with van der Waals surface area (Å²) in [6.07, 6.45) is -1.07. The maximum atomic E-state index is 13.8. The lowest BCUT2D eigenvalue weighted by molar-refractivity contribution is 0.0437. The highest BCUT2D eigenvalue weighted by Gasteiger charge is 2.41. The number of oxazole rings is 1. The van der Waals surface area contributed by atoms with E-state index in [4.69, 9.17) is 8.83 Å². The molecule has 1 atom stereocenters. The van der Waals surface area contributed by atoms with E-state index in [1.807, 2.05) is 31.2 Å². The summed E-state index contributed by atoms with van der Waals surface area (Å²) < 4.78 is 39.1. The van der Waals surface area contributed by atoms with Crippen molar-refractivity contribution in [1.82, 2.24) is 19.9 Å². The van der Waals surface area contributed by atoms with Crippen LogP contribution < -0.4 is 0 Å². The summed E-state index contributed by atoms with van der Waals surface area (Å²) in [5.41, 5.74) is 0.467. The number of benzene rings is 1. The van der Waals surface area contributed by atoms with Gasteiger partial charge in [0.25, 0.3) is 12.3 Å². The van der Waals surface area contributed by atoms with Crippen molar-refractivity contribution in [1.29, 1.82) is 0 Å². The van der Waals surface area contributed by atoms with Crippen LogP contribution in [0, 0.1) is 6.92 Å². The second kappa shape index (κ2) is 7.51. The normalized spacial score (nSPS) is 16.6. The molecule has 1 aliphatic heterocycles. The summed E-state index contributed by atoms with van der Waals surface area (Å²) in [6.45, 7) is 4.80. The van der Waals surface area contributed by atoms with E-state index in [0.717, 1.165) is 16.6 Å². The monoisotopic (exact) mass is 456 g/mol. The van der Waals surface area contributed by atoms with Crippen molar-refractivity contribution in [3.63, 3.8) is 0 Å². The van der Waals surface area contributed by atoms with Crippen LogP contribution >= 0.6 is 0 Å². The minimum atomic E-state index is -3.05. The molecule has 0 fully saturated rings. The van der Waals surface area contributed by atoms with Gasteiger partial charge in [-0.1, -0.05) is 18.2 Å². The first-order valence-electron chi connectivity index (χ1n) is 10.5. The van der Waals surface area contributed by atoms with Gasteiger partial charge in [-0.05, 0) is 26.8 Å². The molecule has 4 heterocycles. The number of aryl methyl sites for hydroxylation is 1. The number of carbonyl (C=O) groups excluding carboxylic acids is 1. The summed E-state index contributed by atoms with van der Waals surface area (Å²) in [5.74, 6) is -1.22. The zero-order chi connectivity index (χ0) is 23.5. The molecule has 3 aromatic heterocycles. The molecule has 0 aliphatic carbocycles. The molecule has 1 aliphatic rings. The summed E-state index contributed by atoms with van der Waals surface area (Å²) in [6, 6.07) is 6.73. The smallest absolute Gasteiger partial charge is 0.292 e. The first kappa shape index (κ1) is 21.3. The summed E-state index contributed by atoms with van der Waals surface area (Å²) >= 11 is 0. The molecule has 0 saturated heterocycles. The number of halogens is 2. The molecule has 0 unspecified atom stereocenters. The molecule has 0 bridgehead atoms. The van der Waals surface area contributed by atoms with Gasteiger partial charge in [-0.3, -0.25) is 4.79 Å². The molecule has 0 saturated carbocycles. The van der Waals surface area contributed by atoms with Crippen LogP contribution in [0.4, 0.5) is 8.78 Å². The Labute approximate surface area is 187 Å². The van der Waals surface area contributed by atoms with E-state index in [-0.39, 0.29) is 12.4 Å². The van der Waals surface area contributed by atoms with E-state index in [1.54, 1.807) is 0 Å². The zero-order valence-corrected chi connectivity index (χ0v) is 18.2. The number of aromatic nitrogens is 3. The van der Waals surface area contributed by atoms with Gasteiger partial charge in [-0.25, -0.2) is 18.7 Å². The number of nitrogens with one attached hydrogen (secondary N) is 1. The number of H-pyrrole nitrogens is 1. The fourth-order valence-corrected chi connectivity index (χ4v) is 4.24. The number of fused-ring (bicyclic) bond motifs is 2. The average molecular weight is 456 g/mol. The Kier molecular flexibility index (Phi) is 4.86. The molecule has 4 aromatic rings. The SMILES string of the molecule is Cc1c([C@H]2c3nc[nH]c3CCN2C(=O)c2oc(C(C)(C)O)nc2C(F)F)oc2ccccc12. The van der Waals surface area contributed by atoms with Crippen molar-refractivity contribution in [2.45, 2.75) is 45.3 Å². The molecule has 1 aromatic carbocycles. The van der Waals surface area contributed by atoms with E-state index < -0.39 is 35.4 Å². The lowest BCUT2D eigenvalue weighted by Crippen LogP contribution is -2.41. The van der Waals surface area contributed by atoms with Crippen molar-refractivity contribution >= 4 is 16.9 Å². The molecule has 2 N–H and O–H groups in total. The van der Waals surface area contributed by atoms with E-state index in [1.165, 1.54) is 25.1 Å². The van der Waals surface area contributed by atoms with Crippen molar-refractivity contribution in [2.75, 3.05) is 6.54 Å². The maximum absolute atomic E-state index is 13.8. The lowest BCUT2D eigenvalue weighted by atomic mass is 9.97. The van der Waals surface area contributed by atoms with E-state index >= 15 is 0 Å². The fraction of sp³-hybridized carbons (Fsp3) is 0.348. The third-order valence-electron chi connectivity index (χ3n) is 5.89. The molecule has 10 heteroatoms. The molecule has 172 valence electrons. The predicted octanol–water partition coefficient (Wildman–Crippen LogP) is 4.41. The Morgan fingerprint density at radius 2 is 2.06 bits per heavy atom. The van der Waals surface area contributed by atoms with Crippen LogP contribution in [-0.2, 0) is 12.0 Å². The number of carbonyl (C=O) groups is 1.